The average molecular weight is 199 g/mol. The van der Waals surface area contributed by atoms with Crippen molar-refractivity contribution in [3.8, 4) is 0 Å². The molecule has 0 unspecified atom stereocenters. The Morgan fingerprint density at radius 2 is 1.86 bits per heavy atom. The molecule has 0 aliphatic heterocycles. The molecule has 1 heteroatoms. The van der Waals surface area contributed by atoms with Gasteiger partial charge in [0, 0.05) is 9.79 Å². The summed E-state index contributed by atoms with van der Waals surface area (Å²) >= 11 is 1.75. The van der Waals surface area contributed by atoms with Gasteiger partial charge in [-0.15, -0.1) is 0 Å². The lowest BCUT2D eigenvalue weighted by molar-refractivity contribution is 1.34. The summed E-state index contributed by atoms with van der Waals surface area (Å²) < 4.78 is 0. The van der Waals surface area contributed by atoms with E-state index < -0.39 is 0 Å². The van der Waals surface area contributed by atoms with Crippen LogP contribution in [0.15, 0.2) is 58.3 Å². The third kappa shape index (κ3) is 2.39. The van der Waals surface area contributed by atoms with Crippen LogP contribution in [0, 0.1) is 13.0 Å². The molecule has 0 amide bonds. The Morgan fingerprint density at radius 1 is 1.07 bits per heavy atom. The fraction of sp³-hybridized carbons (Fsp3) is 0.0769. The minimum atomic E-state index is 1.18. The second kappa shape index (κ2) is 4.34. The van der Waals surface area contributed by atoms with E-state index in [1.807, 2.05) is 12.1 Å². The van der Waals surface area contributed by atoms with E-state index in [-0.39, 0.29) is 0 Å². The number of hydrogen-bond acceptors (Lipinski definition) is 1. The maximum Gasteiger partial charge on any atom is 0.0203 e. The topological polar surface area (TPSA) is 0 Å². The largest absolute Gasteiger partial charge is 0.0894 e. The van der Waals surface area contributed by atoms with Crippen LogP contribution < -0.4 is 0 Å². The number of benzene rings is 2. The van der Waals surface area contributed by atoms with Gasteiger partial charge in [0.2, 0.25) is 0 Å². The van der Waals surface area contributed by atoms with Gasteiger partial charge in [-0.1, -0.05) is 42.1 Å². The second-order valence-electron chi connectivity index (χ2n) is 3.15. The smallest absolute Gasteiger partial charge is 0.0203 e. The number of hydrogen-bond donors (Lipinski definition) is 0. The molecule has 0 aliphatic carbocycles. The lowest BCUT2D eigenvalue weighted by Crippen LogP contribution is -1.75. The Morgan fingerprint density at radius 3 is 2.57 bits per heavy atom. The van der Waals surface area contributed by atoms with Gasteiger partial charge in [-0.25, -0.2) is 0 Å². The molecule has 2 aromatic rings. The van der Waals surface area contributed by atoms with Gasteiger partial charge in [-0.05, 0) is 36.8 Å². The molecule has 0 atom stereocenters. The first-order chi connectivity index (χ1) is 6.84. The van der Waals surface area contributed by atoms with Gasteiger partial charge in [0.15, 0.2) is 0 Å². The van der Waals surface area contributed by atoms with Gasteiger partial charge >= 0.3 is 0 Å². The third-order valence-electron chi connectivity index (χ3n) is 1.90. The molecule has 14 heavy (non-hydrogen) atoms. The lowest BCUT2D eigenvalue weighted by Gasteiger charge is -2.01. The van der Waals surface area contributed by atoms with Crippen LogP contribution in [0.4, 0.5) is 0 Å². The first-order valence-electron chi connectivity index (χ1n) is 4.56. The van der Waals surface area contributed by atoms with Crippen molar-refractivity contribution < 1.29 is 0 Å². The molecular formula is C13H11S. The Kier molecular flexibility index (Phi) is 2.90. The monoisotopic (exact) mass is 199 g/mol. The zero-order valence-electron chi connectivity index (χ0n) is 8.03. The Labute approximate surface area is 89.0 Å². The van der Waals surface area contributed by atoms with Crippen LogP contribution in [0.3, 0.4) is 0 Å². The maximum atomic E-state index is 3.22. The summed E-state index contributed by atoms with van der Waals surface area (Å²) in [5.41, 5.74) is 1.28. The van der Waals surface area contributed by atoms with Crippen LogP contribution >= 0.6 is 11.8 Å². The fourth-order valence-corrected chi connectivity index (χ4v) is 2.15. The first kappa shape index (κ1) is 9.35. The van der Waals surface area contributed by atoms with Gasteiger partial charge in [-0.2, -0.15) is 0 Å². The van der Waals surface area contributed by atoms with Crippen molar-refractivity contribution in [3.05, 3.63) is 60.2 Å². The molecule has 1 radical (unpaired) electrons. The molecule has 0 fully saturated rings. The molecule has 0 spiro atoms. The van der Waals surface area contributed by atoms with Crippen LogP contribution in [0.2, 0.25) is 0 Å². The summed E-state index contributed by atoms with van der Waals surface area (Å²) in [6.07, 6.45) is 0. The van der Waals surface area contributed by atoms with Crippen molar-refractivity contribution in [2.24, 2.45) is 0 Å². The molecule has 2 aromatic carbocycles. The van der Waals surface area contributed by atoms with E-state index in [2.05, 4.69) is 49.4 Å². The highest BCUT2D eigenvalue weighted by Crippen LogP contribution is 2.26. The molecule has 0 aromatic heterocycles. The van der Waals surface area contributed by atoms with E-state index in [1.54, 1.807) is 11.8 Å². The van der Waals surface area contributed by atoms with Crippen LogP contribution in [-0.4, -0.2) is 0 Å². The Hall–Kier alpha value is -1.21. The maximum absolute atomic E-state index is 3.22. The zero-order valence-corrected chi connectivity index (χ0v) is 8.84. The Bertz CT molecular complexity index is 407. The normalized spacial score (nSPS) is 10.1. The molecular weight excluding hydrogens is 188 g/mol. The van der Waals surface area contributed by atoms with Gasteiger partial charge < -0.3 is 0 Å². The number of rotatable bonds is 2. The summed E-state index contributed by atoms with van der Waals surface area (Å²) in [5.74, 6) is 0. The molecule has 69 valence electrons. The van der Waals surface area contributed by atoms with Crippen molar-refractivity contribution in [2.45, 2.75) is 16.7 Å². The SMILES string of the molecule is Cc1cc[c]c(Sc2ccccc2)c1. The predicted molar refractivity (Wildman–Crippen MR) is 60.6 cm³/mol. The highest BCUT2D eigenvalue weighted by atomic mass is 32.2. The van der Waals surface area contributed by atoms with Crippen LogP contribution in [0.5, 0.6) is 0 Å². The molecule has 0 saturated heterocycles. The first-order valence-corrected chi connectivity index (χ1v) is 5.37. The lowest BCUT2D eigenvalue weighted by atomic mass is 10.2. The van der Waals surface area contributed by atoms with Gasteiger partial charge in [0.1, 0.15) is 0 Å². The highest BCUT2D eigenvalue weighted by Gasteiger charge is 1.96. The summed E-state index contributed by atoms with van der Waals surface area (Å²) in [5, 5.41) is 0. The summed E-state index contributed by atoms with van der Waals surface area (Å²) in [6, 6.07) is 19.8. The van der Waals surface area contributed by atoms with E-state index in [4.69, 9.17) is 0 Å². The van der Waals surface area contributed by atoms with E-state index in [1.165, 1.54) is 15.4 Å². The minimum absolute atomic E-state index is 1.18. The molecule has 0 aliphatic rings. The van der Waals surface area contributed by atoms with E-state index in [9.17, 15) is 0 Å². The fourth-order valence-electron chi connectivity index (χ4n) is 1.23. The predicted octanol–water partition coefficient (Wildman–Crippen LogP) is 3.95. The van der Waals surface area contributed by atoms with Crippen LogP contribution in [-0.2, 0) is 0 Å². The van der Waals surface area contributed by atoms with Crippen LogP contribution in [0.25, 0.3) is 0 Å². The van der Waals surface area contributed by atoms with Crippen molar-refractivity contribution >= 4 is 11.8 Å². The van der Waals surface area contributed by atoms with Crippen LogP contribution in [0.1, 0.15) is 5.56 Å². The average Bonchev–Trinajstić information content (AvgIpc) is 2.19. The molecule has 0 heterocycles. The van der Waals surface area contributed by atoms with Gasteiger partial charge in [-0.3, -0.25) is 0 Å². The van der Waals surface area contributed by atoms with Gasteiger partial charge in [0.25, 0.3) is 0 Å². The standard InChI is InChI=1S/C13H11S/c1-11-6-5-9-13(10-11)14-12-7-3-2-4-8-12/h2-8,10H,1H3. The van der Waals surface area contributed by atoms with E-state index in [0.717, 1.165) is 0 Å². The van der Waals surface area contributed by atoms with Crippen molar-refractivity contribution in [1.29, 1.82) is 0 Å². The zero-order chi connectivity index (χ0) is 9.80. The third-order valence-corrected chi connectivity index (χ3v) is 2.87. The van der Waals surface area contributed by atoms with E-state index in [0.29, 0.717) is 0 Å². The summed E-state index contributed by atoms with van der Waals surface area (Å²) in [4.78, 5) is 2.44. The quantitative estimate of drug-likeness (QED) is 0.705. The molecule has 0 bridgehead atoms. The molecule has 2 rings (SSSR count). The second-order valence-corrected chi connectivity index (χ2v) is 4.26. The number of aryl methyl sites for hydroxylation is 1. The molecule has 0 N–H and O–H groups in total. The summed E-state index contributed by atoms with van der Waals surface area (Å²) in [6.45, 7) is 2.10. The summed E-state index contributed by atoms with van der Waals surface area (Å²) in [7, 11) is 0. The van der Waals surface area contributed by atoms with Gasteiger partial charge in [0.05, 0.1) is 0 Å². The molecule has 0 nitrogen and oxygen atoms in total. The molecule has 0 saturated carbocycles. The van der Waals surface area contributed by atoms with E-state index >= 15 is 0 Å². The minimum Gasteiger partial charge on any atom is -0.0894 e. The Balaban J connectivity index is 2.19. The highest BCUT2D eigenvalue weighted by molar-refractivity contribution is 7.99. The van der Waals surface area contributed by atoms with Crippen molar-refractivity contribution in [2.75, 3.05) is 0 Å². The van der Waals surface area contributed by atoms with Crippen molar-refractivity contribution in [1.82, 2.24) is 0 Å². The van der Waals surface area contributed by atoms with Crippen molar-refractivity contribution in [3.63, 3.8) is 0 Å².